The molecule has 0 fully saturated rings. The fraction of sp³-hybridized carbons (Fsp3) is 0.600. The molecule has 0 aliphatic carbocycles. The van der Waals surface area contributed by atoms with E-state index < -0.39 is 0 Å². The minimum absolute atomic E-state index is 0.225. The van der Waals surface area contributed by atoms with Gasteiger partial charge >= 0.3 is 0 Å². The lowest BCUT2D eigenvalue weighted by atomic mass is 10.1. The van der Waals surface area contributed by atoms with E-state index in [0.717, 1.165) is 19.4 Å². The maximum absolute atomic E-state index is 5.96. The van der Waals surface area contributed by atoms with Gasteiger partial charge in [-0.05, 0) is 25.0 Å². The summed E-state index contributed by atoms with van der Waals surface area (Å²) in [6, 6.07) is 2.34. The highest BCUT2D eigenvalue weighted by molar-refractivity contribution is 5.14. The topological polar surface area (TPSA) is 30.9 Å². The summed E-state index contributed by atoms with van der Waals surface area (Å²) in [4.78, 5) is 0. The van der Waals surface area contributed by atoms with E-state index in [-0.39, 0.29) is 6.04 Å². The van der Waals surface area contributed by atoms with Crippen LogP contribution in [-0.4, -0.2) is 4.57 Å². The average Bonchev–Trinajstić information content (AvgIpc) is 2.52. The lowest BCUT2D eigenvalue weighted by Crippen LogP contribution is -2.08. The Morgan fingerprint density at radius 3 is 2.75 bits per heavy atom. The Balaban J connectivity index is 2.61. The van der Waals surface area contributed by atoms with Crippen molar-refractivity contribution < 1.29 is 0 Å². The summed E-state index contributed by atoms with van der Waals surface area (Å²) in [7, 11) is 0. The predicted molar refractivity (Wildman–Crippen MR) is 51.9 cm³/mol. The van der Waals surface area contributed by atoms with E-state index in [9.17, 15) is 0 Å². The summed E-state index contributed by atoms with van der Waals surface area (Å²) < 4.78 is 2.16. The summed E-state index contributed by atoms with van der Waals surface area (Å²) >= 11 is 0. The van der Waals surface area contributed by atoms with Gasteiger partial charge in [0.2, 0.25) is 0 Å². The zero-order valence-electron chi connectivity index (χ0n) is 7.96. The third-order valence-corrected chi connectivity index (χ3v) is 2.17. The fourth-order valence-corrected chi connectivity index (χ4v) is 1.35. The molecule has 0 saturated carbocycles. The van der Waals surface area contributed by atoms with Gasteiger partial charge in [0.15, 0.2) is 0 Å². The van der Waals surface area contributed by atoms with Crippen LogP contribution in [0, 0.1) is 0 Å². The number of aromatic nitrogens is 1. The Bertz CT molecular complexity index is 227. The van der Waals surface area contributed by atoms with Crippen molar-refractivity contribution in [1.82, 2.24) is 4.57 Å². The molecule has 2 heteroatoms. The van der Waals surface area contributed by atoms with Gasteiger partial charge in [0.25, 0.3) is 0 Å². The van der Waals surface area contributed by atoms with Crippen LogP contribution in [0.1, 0.15) is 38.3 Å². The molecule has 0 aliphatic rings. The second-order valence-corrected chi connectivity index (χ2v) is 3.17. The highest BCUT2D eigenvalue weighted by atomic mass is 14.9. The average molecular weight is 166 g/mol. The molecule has 1 unspecified atom stereocenters. The van der Waals surface area contributed by atoms with E-state index in [4.69, 9.17) is 5.73 Å². The van der Waals surface area contributed by atoms with Crippen molar-refractivity contribution in [2.45, 2.75) is 39.3 Å². The van der Waals surface area contributed by atoms with Gasteiger partial charge in [-0.2, -0.15) is 0 Å². The molecule has 0 spiro atoms. The molecule has 1 rings (SSSR count). The molecular formula is C10H18N2. The van der Waals surface area contributed by atoms with Gasteiger partial charge in [-0.1, -0.05) is 13.3 Å². The number of hydrogen-bond acceptors (Lipinski definition) is 1. The first-order valence-electron chi connectivity index (χ1n) is 4.69. The molecule has 2 nitrogen and oxygen atoms in total. The molecule has 1 heterocycles. The van der Waals surface area contributed by atoms with Gasteiger partial charge < -0.3 is 10.3 Å². The van der Waals surface area contributed by atoms with E-state index in [0.29, 0.717) is 0 Å². The first-order valence-corrected chi connectivity index (χ1v) is 4.69. The van der Waals surface area contributed by atoms with Gasteiger partial charge in [-0.25, -0.2) is 0 Å². The normalized spacial score (nSPS) is 13.2. The SMILES string of the molecule is CCCC(N)c1ccn(CC)c1. The molecule has 0 saturated heterocycles. The molecule has 0 bridgehead atoms. The first kappa shape index (κ1) is 9.33. The Morgan fingerprint density at radius 2 is 2.25 bits per heavy atom. The van der Waals surface area contributed by atoms with Crippen LogP contribution in [0.4, 0.5) is 0 Å². The largest absolute Gasteiger partial charge is 0.354 e. The lowest BCUT2D eigenvalue weighted by Gasteiger charge is -2.06. The number of rotatable bonds is 4. The highest BCUT2D eigenvalue weighted by Gasteiger charge is 2.04. The number of hydrogen-bond donors (Lipinski definition) is 1. The van der Waals surface area contributed by atoms with Gasteiger partial charge in [0.05, 0.1) is 0 Å². The van der Waals surface area contributed by atoms with Crippen molar-refractivity contribution in [3.8, 4) is 0 Å². The Hall–Kier alpha value is -0.760. The van der Waals surface area contributed by atoms with Gasteiger partial charge in [0.1, 0.15) is 0 Å². The van der Waals surface area contributed by atoms with E-state index in [1.165, 1.54) is 5.56 Å². The molecule has 12 heavy (non-hydrogen) atoms. The molecule has 0 radical (unpaired) electrons. The highest BCUT2D eigenvalue weighted by Crippen LogP contribution is 2.15. The summed E-state index contributed by atoms with van der Waals surface area (Å²) in [6.45, 7) is 5.32. The van der Waals surface area contributed by atoms with Crippen molar-refractivity contribution in [1.29, 1.82) is 0 Å². The van der Waals surface area contributed by atoms with Crippen molar-refractivity contribution >= 4 is 0 Å². The van der Waals surface area contributed by atoms with Crippen LogP contribution in [0.15, 0.2) is 18.5 Å². The smallest absolute Gasteiger partial charge is 0.0309 e. The summed E-state index contributed by atoms with van der Waals surface area (Å²) in [5, 5.41) is 0. The van der Waals surface area contributed by atoms with E-state index >= 15 is 0 Å². The van der Waals surface area contributed by atoms with Gasteiger partial charge in [-0.15, -0.1) is 0 Å². The van der Waals surface area contributed by atoms with Crippen LogP contribution in [0.3, 0.4) is 0 Å². The molecule has 68 valence electrons. The third kappa shape index (κ3) is 2.11. The maximum Gasteiger partial charge on any atom is 0.0309 e. The van der Waals surface area contributed by atoms with Crippen LogP contribution in [0.25, 0.3) is 0 Å². The summed E-state index contributed by atoms with van der Waals surface area (Å²) in [5.74, 6) is 0. The Labute approximate surface area is 74.4 Å². The number of nitrogens with two attached hydrogens (primary N) is 1. The van der Waals surface area contributed by atoms with E-state index in [1.54, 1.807) is 0 Å². The predicted octanol–water partition coefficient (Wildman–Crippen LogP) is 2.31. The quantitative estimate of drug-likeness (QED) is 0.731. The van der Waals surface area contributed by atoms with E-state index in [2.05, 4.69) is 36.9 Å². The van der Waals surface area contributed by atoms with Crippen LogP contribution < -0.4 is 5.73 Å². The Morgan fingerprint density at radius 1 is 1.50 bits per heavy atom. The molecule has 1 aromatic heterocycles. The molecular weight excluding hydrogens is 148 g/mol. The second-order valence-electron chi connectivity index (χ2n) is 3.17. The monoisotopic (exact) mass is 166 g/mol. The minimum Gasteiger partial charge on any atom is -0.354 e. The van der Waals surface area contributed by atoms with Gasteiger partial charge in [0, 0.05) is 25.0 Å². The van der Waals surface area contributed by atoms with Crippen LogP contribution >= 0.6 is 0 Å². The standard InChI is InChI=1S/C10H18N2/c1-3-5-10(11)9-6-7-12(4-2)8-9/h6-8,10H,3-5,11H2,1-2H3. The molecule has 0 aliphatic heterocycles. The van der Waals surface area contributed by atoms with Gasteiger partial charge in [-0.3, -0.25) is 0 Å². The summed E-state index contributed by atoms with van der Waals surface area (Å²) in [6.07, 6.45) is 6.46. The van der Waals surface area contributed by atoms with Crippen molar-refractivity contribution in [3.05, 3.63) is 24.0 Å². The fourth-order valence-electron chi connectivity index (χ4n) is 1.35. The zero-order valence-corrected chi connectivity index (χ0v) is 7.96. The number of nitrogens with zero attached hydrogens (tertiary/aromatic N) is 1. The number of aryl methyl sites for hydroxylation is 1. The minimum atomic E-state index is 0.225. The van der Waals surface area contributed by atoms with Crippen molar-refractivity contribution in [2.24, 2.45) is 5.73 Å². The van der Waals surface area contributed by atoms with Crippen LogP contribution in [0.5, 0.6) is 0 Å². The zero-order chi connectivity index (χ0) is 8.97. The lowest BCUT2D eigenvalue weighted by molar-refractivity contribution is 0.635. The molecule has 2 N–H and O–H groups in total. The summed E-state index contributed by atoms with van der Waals surface area (Å²) in [5.41, 5.74) is 7.22. The van der Waals surface area contributed by atoms with Crippen molar-refractivity contribution in [3.63, 3.8) is 0 Å². The second kappa shape index (κ2) is 4.31. The molecule has 0 aromatic carbocycles. The Kier molecular flexibility index (Phi) is 3.35. The maximum atomic E-state index is 5.96. The molecule has 1 aromatic rings. The van der Waals surface area contributed by atoms with Crippen molar-refractivity contribution in [2.75, 3.05) is 0 Å². The first-order chi connectivity index (χ1) is 5.77. The van der Waals surface area contributed by atoms with E-state index in [1.807, 2.05) is 0 Å². The third-order valence-electron chi connectivity index (χ3n) is 2.17. The van der Waals surface area contributed by atoms with Crippen LogP contribution in [-0.2, 0) is 6.54 Å². The molecule has 1 atom stereocenters. The molecule has 0 amide bonds. The van der Waals surface area contributed by atoms with Crippen LogP contribution in [0.2, 0.25) is 0 Å².